The fraction of sp³-hybridized carbons (Fsp3) is 0.562. The van der Waals surface area contributed by atoms with Gasteiger partial charge in [-0.2, -0.15) is 13.2 Å². The first-order valence-electron chi connectivity index (χ1n) is 7.52. The number of nitrogens with one attached hydrogen (secondary N) is 1. The molecule has 1 unspecified atom stereocenters. The summed E-state index contributed by atoms with van der Waals surface area (Å²) in [4.78, 5) is 14.1. The van der Waals surface area contributed by atoms with Gasteiger partial charge in [-0.25, -0.2) is 0 Å². The molecule has 2 rings (SSSR count). The number of likely N-dealkylation sites (N-methyl/N-ethyl adjacent to an activating group) is 1. The third-order valence-corrected chi connectivity index (χ3v) is 4.04. The van der Waals surface area contributed by atoms with Crippen LogP contribution in [0.2, 0.25) is 0 Å². The molecule has 0 radical (unpaired) electrons. The van der Waals surface area contributed by atoms with Gasteiger partial charge in [-0.1, -0.05) is 24.6 Å². The molecule has 1 amide bonds. The van der Waals surface area contributed by atoms with E-state index in [1.165, 1.54) is 6.07 Å². The number of carbonyl (C=O) groups is 1. The number of likely N-dealkylation sites (tertiary alicyclic amines) is 1. The lowest BCUT2D eigenvalue weighted by molar-refractivity contribution is -0.137. The van der Waals surface area contributed by atoms with Crippen molar-refractivity contribution in [3.05, 3.63) is 35.4 Å². The minimum atomic E-state index is -4.33. The van der Waals surface area contributed by atoms with Crippen LogP contribution in [0, 0.1) is 0 Å². The average Bonchev–Trinajstić information content (AvgIpc) is 2.47. The SMILES string of the molecule is CN1CCCCC1C(=O)NCCc1cccc(C(F)(F)F)c1. The number of hydrogen-bond acceptors (Lipinski definition) is 2. The molecule has 1 aliphatic heterocycles. The van der Waals surface area contributed by atoms with E-state index in [9.17, 15) is 18.0 Å². The number of benzene rings is 1. The highest BCUT2D eigenvalue weighted by Gasteiger charge is 2.30. The van der Waals surface area contributed by atoms with Crippen LogP contribution >= 0.6 is 0 Å². The van der Waals surface area contributed by atoms with Crippen LogP contribution < -0.4 is 5.32 Å². The summed E-state index contributed by atoms with van der Waals surface area (Å²) in [6, 6.07) is 5.12. The number of rotatable bonds is 4. The topological polar surface area (TPSA) is 32.3 Å². The summed E-state index contributed by atoms with van der Waals surface area (Å²) < 4.78 is 37.9. The fourth-order valence-electron chi connectivity index (χ4n) is 2.76. The third kappa shape index (κ3) is 4.47. The predicted octanol–water partition coefficient (Wildman–Crippen LogP) is 2.85. The normalized spacial score (nSPS) is 19.9. The summed E-state index contributed by atoms with van der Waals surface area (Å²) in [5.41, 5.74) is -0.0736. The van der Waals surface area contributed by atoms with E-state index in [-0.39, 0.29) is 11.9 Å². The largest absolute Gasteiger partial charge is 0.416 e. The molecule has 3 nitrogen and oxygen atoms in total. The summed E-state index contributed by atoms with van der Waals surface area (Å²) >= 11 is 0. The fourth-order valence-corrected chi connectivity index (χ4v) is 2.76. The van der Waals surface area contributed by atoms with E-state index < -0.39 is 11.7 Å². The van der Waals surface area contributed by atoms with Gasteiger partial charge in [0.05, 0.1) is 11.6 Å². The van der Waals surface area contributed by atoms with Crippen LogP contribution in [0.5, 0.6) is 0 Å². The molecule has 1 aromatic carbocycles. The standard InChI is InChI=1S/C16H21F3N2O/c1-21-10-3-2-7-14(21)15(22)20-9-8-12-5-4-6-13(11-12)16(17,18)19/h4-6,11,14H,2-3,7-10H2,1H3,(H,20,22). The van der Waals surface area contributed by atoms with Crippen LogP contribution in [0.3, 0.4) is 0 Å². The summed E-state index contributed by atoms with van der Waals surface area (Å²) in [6.45, 7) is 1.26. The van der Waals surface area contributed by atoms with Crippen molar-refractivity contribution in [2.45, 2.75) is 37.9 Å². The second-order valence-electron chi connectivity index (χ2n) is 5.73. The number of alkyl halides is 3. The number of hydrogen-bond donors (Lipinski definition) is 1. The van der Waals surface area contributed by atoms with E-state index in [4.69, 9.17) is 0 Å². The Morgan fingerprint density at radius 2 is 2.14 bits per heavy atom. The van der Waals surface area contributed by atoms with Crippen LogP contribution in [0.4, 0.5) is 13.2 Å². The Morgan fingerprint density at radius 1 is 1.36 bits per heavy atom. The summed E-state index contributed by atoms with van der Waals surface area (Å²) in [7, 11) is 1.93. The van der Waals surface area contributed by atoms with Crippen molar-refractivity contribution in [3.8, 4) is 0 Å². The van der Waals surface area contributed by atoms with Gasteiger partial charge in [0.2, 0.25) is 5.91 Å². The van der Waals surface area contributed by atoms with Gasteiger partial charge >= 0.3 is 6.18 Å². The number of carbonyl (C=O) groups excluding carboxylic acids is 1. The smallest absolute Gasteiger partial charge is 0.354 e. The monoisotopic (exact) mass is 314 g/mol. The number of nitrogens with zero attached hydrogens (tertiary/aromatic N) is 1. The zero-order chi connectivity index (χ0) is 16.2. The van der Waals surface area contributed by atoms with Gasteiger partial charge in [0, 0.05) is 6.54 Å². The van der Waals surface area contributed by atoms with Crippen molar-refractivity contribution in [2.75, 3.05) is 20.1 Å². The summed E-state index contributed by atoms with van der Waals surface area (Å²) in [6.07, 6.45) is -0.956. The second-order valence-corrected chi connectivity index (χ2v) is 5.73. The van der Waals surface area contributed by atoms with Crippen molar-refractivity contribution < 1.29 is 18.0 Å². The van der Waals surface area contributed by atoms with E-state index in [1.807, 2.05) is 11.9 Å². The molecule has 1 aromatic rings. The highest BCUT2D eigenvalue weighted by molar-refractivity contribution is 5.81. The van der Waals surface area contributed by atoms with E-state index in [0.29, 0.717) is 18.5 Å². The van der Waals surface area contributed by atoms with E-state index in [0.717, 1.165) is 37.9 Å². The van der Waals surface area contributed by atoms with E-state index in [1.54, 1.807) is 6.07 Å². The van der Waals surface area contributed by atoms with E-state index in [2.05, 4.69) is 5.32 Å². The van der Waals surface area contributed by atoms with Gasteiger partial charge in [0.15, 0.2) is 0 Å². The molecule has 1 atom stereocenters. The second kappa shape index (κ2) is 7.13. The molecule has 1 heterocycles. The number of halogens is 3. The maximum absolute atomic E-state index is 12.6. The Hall–Kier alpha value is -1.56. The van der Waals surface area contributed by atoms with Gasteiger partial charge in [-0.3, -0.25) is 9.69 Å². The molecular weight excluding hydrogens is 293 g/mol. The van der Waals surface area contributed by atoms with Crippen LogP contribution in [-0.4, -0.2) is 37.0 Å². The Balaban J connectivity index is 1.84. The molecule has 0 spiro atoms. The zero-order valence-electron chi connectivity index (χ0n) is 12.6. The molecule has 0 bridgehead atoms. The lowest BCUT2D eigenvalue weighted by atomic mass is 10.0. The van der Waals surface area contributed by atoms with Crippen molar-refractivity contribution in [2.24, 2.45) is 0 Å². The first kappa shape index (κ1) is 16.8. The number of amides is 1. The molecular formula is C16H21F3N2O. The minimum Gasteiger partial charge on any atom is -0.354 e. The first-order chi connectivity index (χ1) is 10.4. The predicted molar refractivity (Wildman–Crippen MR) is 78.4 cm³/mol. The van der Waals surface area contributed by atoms with Gasteiger partial charge in [0.25, 0.3) is 0 Å². The quantitative estimate of drug-likeness (QED) is 0.927. The van der Waals surface area contributed by atoms with Crippen LogP contribution in [0.1, 0.15) is 30.4 Å². The molecule has 1 N–H and O–H groups in total. The summed E-state index contributed by atoms with van der Waals surface area (Å²) in [5.74, 6) is -0.0332. The maximum atomic E-state index is 12.6. The highest BCUT2D eigenvalue weighted by Crippen LogP contribution is 2.29. The van der Waals surface area contributed by atoms with Gasteiger partial charge < -0.3 is 5.32 Å². The van der Waals surface area contributed by atoms with Crippen LogP contribution in [0.25, 0.3) is 0 Å². The maximum Gasteiger partial charge on any atom is 0.416 e. The van der Waals surface area contributed by atoms with Crippen LogP contribution in [0.15, 0.2) is 24.3 Å². The van der Waals surface area contributed by atoms with Gasteiger partial charge in [-0.05, 0) is 44.5 Å². The molecule has 1 aliphatic rings. The molecule has 1 fully saturated rings. The minimum absolute atomic E-state index is 0.0332. The molecule has 0 saturated carbocycles. The lowest BCUT2D eigenvalue weighted by Gasteiger charge is -2.31. The Labute approximate surface area is 128 Å². The Bertz CT molecular complexity index is 516. The third-order valence-electron chi connectivity index (χ3n) is 4.04. The Morgan fingerprint density at radius 3 is 2.82 bits per heavy atom. The lowest BCUT2D eigenvalue weighted by Crippen LogP contribution is -2.47. The van der Waals surface area contributed by atoms with Crippen molar-refractivity contribution in [1.82, 2.24) is 10.2 Å². The van der Waals surface area contributed by atoms with Crippen LogP contribution in [-0.2, 0) is 17.4 Å². The van der Waals surface area contributed by atoms with Crippen molar-refractivity contribution in [3.63, 3.8) is 0 Å². The molecule has 22 heavy (non-hydrogen) atoms. The number of piperidine rings is 1. The Kier molecular flexibility index (Phi) is 5.45. The van der Waals surface area contributed by atoms with Crippen molar-refractivity contribution >= 4 is 5.91 Å². The van der Waals surface area contributed by atoms with Gasteiger partial charge in [0.1, 0.15) is 0 Å². The van der Waals surface area contributed by atoms with Gasteiger partial charge in [-0.15, -0.1) is 0 Å². The highest BCUT2D eigenvalue weighted by atomic mass is 19.4. The molecule has 6 heteroatoms. The summed E-state index contributed by atoms with van der Waals surface area (Å²) in [5, 5.41) is 2.83. The molecule has 1 saturated heterocycles. The molecule has 122 valence electrons. The zero-order valence-corrected chi connectivity index (χ0v) is 12.6. The van der Waals surface area contributed by atoms with E-state index >= 15 is 0 Å². The first-order valence-corrected chi connectivity index (χ1v) is 7.52. The molecule has 0 aliphatic carbocycles. The molecule has 0 aromatic heterocycles. The average molecular weight is 314 g/mol. The van der Waals surface area contributed by atoms with Crippen molar-refractivity contribution in [1.29, 1.82) is 0 Å².